The van der Waals surface area contributed by atoms with E-state index in [0.29, 0.717) is 22.5 Å². The number of anilines is 2. The minimum Gasteiger partial charge on any atom is -0.430 e. The van der Waals surface area contributed by atoms with Crippen LogP contribution in [-0.2, 0) is 4.79 Å². The topological polar surface area (TPSA) is 75.4 Å². The Kier molecular flexibility index (Phi) is 3.31. The maximum atomic E-state index is 13.2. The van der Waals surface area contributed by atoms with Gasteiger partial charge < -0.3 is 9.73 Å². The number of hydrogen-bond donors (Lipinski definition) is 1. The number of rotatable bonds is 1. The summed E-state index contributed by atoms with van der Waals surface area (Å²) in [6, 6.07) is 7.22. The molecule has 1 aliphatic heterocycles. The van der Waals surface area contributed by atoms with E-state index < -0.39 is 11.7 Å². The highest BCUT2D eigenvalue weighted by Gasteiger charge is 2.33. The van der Waals surface area contributed by atoms with Crippen molar-refractivity contribution in [3.8, 4) is 0 Å². The molecular formula is C18H14FN3O3. The van der Waals surface area contributed by atoms with E-state index in [1.807, 2.05) is 19.9 Å². The van der Waals surface area contributed by atoms with E-state index in [-0.39, 0.29) is 18.2 Å². The molecule has 0 atom stereocenters. The maximum absolute atomic E-state index is 13.2. The number of carbonyl (C=O) groups is 2. The van der Waals surface area contributed by atoms with Gasteiger partial charge in [0.15, 0.2) is 0 Å². The lowest BCUT2D eigenvalue weighted by Crippen LogP contribution is -2.35. The summed E-state index contributed by atoms with van der Waals surface area (Å²) in [4.78, 5) is 30.8. The van der Waals surface area contributed by atoms with Gasteiger partial charge in [-0.25, -0.2) is 9.37 Å². The van der Waals surface area contributed by atoms with Gasteiger partial charge in [0.05, 0.1) is 5.39 Å². The number of nitrogens with one attached hydrogen (secondary N) is 1. The van der Waals surface area contributed by atoms with Crippen LogP contribution in [0.2, 0.25) is 0 Å². The minimum atomic E-state index is -0.477. The zero-order chi connectivity index (χ0) is 17.7. The Labute approximate surface area is 142 Å². The Balaban J connectivity index is 1.90. The normalized spacial score (nSPS) is 14.4. The Morgan fingerprint density at radius 2 is 1.92 bits per heavy atom. The Morgan fingerprint density at radius 1 is 1.20 bits per heavy atom. The summed E-state index contributed by atoms with van der Waals surface area (Å²) in [5.41, 5.74) is 2.66. The Hall–Kier alpha value is -3.22. The van der Waals surface area contributed by atoms with Gasteiger partial charge in [0.1, 0.15) is 18.0 Å². The van der Waals surface area contributed by atoms with Crippen LogP contribution in [0.4, 0.5) is 15.8 Å². The van der Waals surface area contributed by atoms with Crippen LogP contribution in [0.5, 0.6) is 0 Å². The molecule has 1 aromatic carbocycles. The van der Waals surface area contributed by atoms with E-state index in [0.717, 1.165) is 11.3 Å². The van der Waals surface area contributed by atoms with Crippen molar-refractivity contribution >= 4 is 34.3 Å². The van der Waals surface area contributed by atoms with Gasteiger partial charge in [-0.3, -0.25) is 14.5 Å². The third kappa shape index (κ3) is 2.44. The van der Waals surface area contributed by atoms with Crippen molar-refractivity contribution in [2.45, 2.75) is 13.8 Å². The molecule has 0 saturated heterocycles. The van der Waals surface area contributed by atoms with Gasteiger partial charge in [0.25, 0.3) is 5.91 Å². The molecule has 3 aromatic rings. The second-order valence-electron chi connectivity index (χ2n) is 5.98. The van der Waals surface area contributed by atoms with Gasteiger partial charge in [0.2, 0.25) is 17.4 Å². The van der Waals surface area contributed by atoms with Crippen molar-refractivity contribution in [3.63, 3.8) is 0 Å². The fraction of sp³-hybridized carbons (Fsp3) is 0.167. The van der Waals surface area contributed by atoms with E-state index in [4.69, 9.17) is 4.42 Å². The van der Waals surface area contributed by atoms with Crippen LogP contribution in [0.1, 0.15) is 21.8 Å². The number of nitrogens with zero attached hydrogens (tertiary/aromatic N) is 2. The lowest BCUT2D eigenvalue weighted by molar-refractivity contribution is -0.114. The molecule has 0 fully saturated rings. The molecule has 1 N–H and O–H groups in total. The third-order valence-corrected chi connectivity index (χ3v) is 4.13. The van der Waals surface area contributed by atoms with Crippen LogP contribution in [0.25, 0.3) is 11.1 Å². The number of fused-ring (bicyclic) bond motifs is 3. The van der Waals surface area contributed by atoms with Gasteiger partial charge in [-0.05, 0) is 49.7 Å². The van der Waals surface area contributed by atoms with Gasteiger partial charge in [-0.1, -0.05) is 0 Å². The number of halogens is 1. The van der Waals surface area contributed by atoms with E-state index >= 15 is 0 Å². The van der Waals surface area contributed by atoms with Crippen molar-refractivity contribution in [2.75, 3.05) is 16.8 Å². The first-order valence-corrected chi connectivity index (χ1v) is 7.72. The standard InChI is InChI=1S/C18H14FN3O3/c1-9-7-10(2)20-17-14(9)15-16(25-17)18(24)22(8-13(23)21-15)12-5-3-11(19)4-6-12/h3-7H,8H2,1-2H3,(H,21,23). The van der Waals surface area contributed by atoms with E-state index in [1.165, 1.54) is 29.2 Å². The van der Waals surface area contributed by atoms with Gasteiger partial charge in [-0.15, -0.1) is 0 Å². The fourth-order valence-corrected chi connectivity index (χ4v) is 3.06. The number of aromatic nitrogens is 1. The molecule has 0 saturated carbocycles. The van der Waals surface area contributed by atoms with Crippen LogP contribution < -0.4 is 10.2 Å². The van der Waals surface area contributed by atoms with E-state index in [9.17, 15) is 14.0 Å². The van der Waals surface area contributed by atoms with Crippen molar-refractivity contribution in [1.82, 2.24) is 4.98 Å². The molecule has 0 unspecified atom stereocenters. The predicted molar refractivity (Wildman–Crippen MR) is 90.2 cm³/mol. The Bertz CT molecular complexity index is 1020. The first kappa shape index (κ1) is 15.3. The number of benzene rings is 1. The molecule has 0 bridgehead atoms. The summed E-state index contributed by atoms with van der Waals surface area (Å²) in [7, 11) is 0. The number of pyridine rings is 1. The summed E-state index contributed by atoms with van der Waals surface area (Å²) >= 11 is 0. The molecule has 1 aliphatic rings. The number of aryl methyl sites for hydroxylation is 2. The van der Waals surface area contributed by atoms with Gasteiger partial charge in [0, 0.05) is 11.4 Å². The van der Waals surface area contributed by atoms with Crippen LogP contribution in [-0.4, -0.2) is 23.3 Å². The summed E-state index contributed by atoms with van der Waals surface area (Å²) in [6.07, 6.45) is 0. The van der Waals surface area contributed by atoms with Crippen molar-refractivity contribution in [2.24, 2.45) is 0 Å². The van der Waals surface area contributed by atoms with E-state index in [2.05, 4.69) is 10.3 Å². The smallest absolute Gasteiger partial charge is 0.296 e. The molecule has 3 heterocycles. The second kappa shape index (κ2) is 5.41. The van der Waals surface area contributed by atoms with Gasteiger partial charge >= 0.3 is 0 Å². The first-order valence-electron chi connectivity index (χ1n) is 7.72. The highest BCUT2D eigenvalue weighted by molar-refractivity contribution is 6.20. The summed E-state index contributed by atoms with van der Waals surface area (Å²) < 4.78 is 18.8. The largest absolute Gasteiger partial charge is 0.430 e. The molecule has 0 radical (unpaired) electrons. The van der Waals surface area contributed by atoms with Crippen molar-refractivity contribution < 1.29 is 18.4 Å². The van der Waals surface area contributed by atoms with Crippen LogP contribution >= 0.6 is 0 Å². The molecule has 0 spiro atoms. The molecule has 7 heteroatoms. The van der Waals surface area contributed by atoms with Crippen LogP contribution in [0, 0.1) is 19.7 Å². The molecule has 6 nitrogen and oxygen atoms in total. The highest BCUT2D eigenvalue weighted by Crippen LogP contribution is 2.35. The van der Waals surface area contributed by atoms with Crippen molar-refractivity contribution in [1.29, 1.82) is 0 Å². The van der Waals surface area contributed by atoms with Gasteiger partial charge in [-0.2, -0.15) is 0 Å². The number of furan rings is 1. The van der Waals surface area contributed by atoms with Crippen molar-refractivity contribution in [3.05, 3.63) is 53.2 Å². The summed E-state index contributed by atoms with van der Waals surface area (Å²) in [6.45, 7) is 3.51. The number of hydrogen-bond acceptors (Lipinski definition) is 4. The third-order valence-electron chi connectivity index (χ3n) is 4.13. The average molecular weight is 339 g/mol. The molecular weight excluding hydrogens is 325 g/mol. The molecule has 126 valence electrons. The summed E-state index contributed by atoms with van der Waals surface area (Å²) in [5.74, 6) is -1.24. The monoisotopic (exact) mass is 339 g/mol. The molecule has 4 rings (SSSR count). The minimum absolute atomic E-state index is 0.0198. The Morgan fingerprint density at radius 3 is 2.64 bits per heavy atom. The lowest BCUT2D eigenvalue weighted by atomic mass is 10.1. The first-order chi connectivity index (χ1) is 11.9. The number of amides is 2. The molecule has 0 aliphatic carbocycles. The number of carbonyl (C=O) groups excluding carboxylic acids is 2. The summed E-state index contributed by atoms with van der Waals surface area (Å²) in [5, 5.41) is 3.35. The lowest BCUT2D eigenvalue weighted by Gasteiger charge is -2.18. The zero-order valence-corrected chi connectivity index (χ0v) is 13.6. The van der Waals surface area contributed by atoms with E-state index in [1.54, 1.807) is 0 Å². The van der Waals surface area contributed by atoms with Crippen LogP contribution in [0.3, 0.4) is 0 Å². The molecule has 2 aromatic heterocycles. The average Bonchev–Trinajstić information content (AvgIpc) is 2.85. The molecule has 25 heavy (non-hydrogen) atoms. The quantitative estimate of drug-likeness (QED) is 0.739. The SMILES string of the molecule is Cc1cc(C)c2c3c(oc2n1)C(=O)N(c1ccc(F)cc1)CC(=O)N3. The highest BCUT2D eigenvalue weighted by atomic mass is 19.1. The zero-order valence-electron chi connectivity index (χ0n) is 13.6. The maximum Gasteiger partial charge on any atom is 0.296 e. The second-order valence-corrected chi connectivity index (χ2v) is 5.98. The van der Waals surface area contributed by atoms with Crippen LogP contribution in [0.15, 0.2) is 34.7 Å². The molecule has 2 amide bonds. The predicted octanol–water partition coefficient (Wildman–Crippen LogP) is 3.18. The fourth-order valence-electron chi connectivity index (χ4n) is 3.06.